The van der Waals surface area contributed by atoms with Gasteiger partial charge in [-0.1, -0.05) is 0 Å². The van der Waals surface area contributed by atoms with E-state index in [0.717, 1.165) is 0 Å². The summed E-state index contributed by atoms with van der Waals surface area (Å²) in [6.45, 7) is 3.76. The molecule has 0 fully saturated rings. The molecule has 8 heteroatoms. The number of hydrogen-bond donors (Lipinski definition) is 2. The Hall–Kier alpha value is -1.58. The number of methoxy groups -OCH3 is 1. The molecular weight excluding hydrogens is 320 g/mol. The Morgan fingerprint density at radius 1 is 0.917 bits per heavy atom. The van der Waals surface area contributed by atoms with Crippen LogP contribution in [0.4, 0.5) is 0 Å². The van der Waals surface area contributed by atoms with Crippen LogP contribution < -0.4 is 9.47 Å². The quantitative estimate of drug-likeness (QED) is 0.384. The average molecular weight is 346 g/mol. The number of aliphatic hydroxyl groups is 1. The van der Waals surface area contributed by atoms with Gasteiger partial charge in [-0.2, -0.15) is 0 Å². The molecule has 1 rings (SSSR count). The lowest BCUT2D eigenvalue weighted by Gasteiger charge is -2.15. The van der Waals surface area contributed by atoms with Crippen LogP contribution in [0.3, 0.4) is 0 Å². The predicted octanol–water partition coefficient (Wildman–Crippen LogP) is 1.27. The number of ether oxygens (including phenoxy) is 6. The molecular formula is C16H26O8. The van der Waals surface area contributed by atoms with Gasteiger partial charge in [-0.05, 0) is 24.6 Å². The van der Waals surface area contributed by atoms with Crippen molar-refractivity contribution in [3.63, 3.8) is 0 Å². The largest absolute Gasteiger partial charge is 0.504 e. The van der Waals surface area contributed by atoms with Crippen molar-refractivity contribution in [3.05, 3.63) is 17.7 Å². The average Bonchev–Trinajstić information content (AvgIpc) is 2.58. The summed E-state index contributed by atoms with van der Waals surface area (Å²) >= 11 is 0. The van der Waals surface area contributed by atoms with Crippen molar-refractivity contribution in [3.8, 4) is 17.2 Å². The molecule has 0 aromatic heterocycles. The lowest BCUT2D eigenvalue weighted by atomic mass is 10.2. The minimum absolute atomic E-state index is 0.0223. The van der Waals surface area contributed by atoms with E-state index >= 15 is 0 Å². The van der Waals surface area contributed by atoms with Crippen molar-refractivity contribution in [1.82, 2.24) is 0 Å². The van der Waals surface area contributed by atoms with Crippen LogP contribution in [0.25, 0.3) is 0 Å². The van der Waals surface area contributed by atoms with E-state index in [0.29, 0.717) is 37.7 Å². The zero-order valence-corrected chi connectivity index (χ0v) is 14.2. The summed E-state index contributed by atoms with van der Waals surface area (Å²) < 4.78 is 31.2. The molecule has 0 saturated heterocycles. The molecule has 2 N–H and O–H groups in total. The van der Waals surface area contributed by atoms with Crippen LogP contribution in [-0.4, -0.2) is 63.9 Å². The Bertz CT molecular complexity index is 452. The fourth-order valence-electron chi connectivity index (χ4n) is 1.74. The monoisotopic (exact) mass is 346 g/mol. The third-order valence-corrected chi connectivity index (χ3v) is 2.83. The molecule has 0 saturated carbocycles. The second-order valence-electron chi connectivity index (χ2n) is 4.63. The lowest BCUT2D eigenvalue weighted by Crippen LogP contribution is -2.12. The fourth-order valence-corrected chi connectivity index (χ4v) is 1.74. The topological polar surface area (TPSA) is 95.8 Å². The highest BCUT2D eigenvalue weighted by Crippen LogP contribution is 2.38. The maximum absolute atomic E-state index is 10.0. The van der Waals surface area contributed by atoms with Gasteiger partial charge in [0.1, 0.15) is 13.4 Å². The molecule has 138 valence electrons. The lowest BCUT2D eigenvalue weighted by molar-refractivity contribution is -0.0525. The summed E-state index contributed by atoms with van der Waals surface area (Å²) in [4.78, 5) is 0. The van der Waals surface area contributed by atoms with E-state index in [9.17, 15) is 10.2 Å². The molecule has 0 bridgehead atoms. The van der Waals surface area contributed by atoms with Crippen LogP contribution in [0.15, 0.2) is 12.1 Å². The van der Waals surface area contributed by atoms with E-state index < -0.39 is 0 Å². The molecule has 0 aliphatic rings. The number of phenols is 1. The molecule has 0 aliphatic carbocycles. The summed E-state index contributed by atoms with van der Waals surface area (Å²) in [7, 11) is 1.55. The highest BCUT2D eigenvalue weighted by molar-refractivity contribution is 5.53. The molecule has 1 aromatic rings. The zero-order valence-electron chi connectivity index (χ0n) is 14.2. The van der Waals surface area contributed by atoms with E-state index in [-0.39, 0.29) is 38.3 Å². The van der Waals surface area contributed by atoms with Gasteiger partial charge in [0, 0.05) is 13.7 Å². The first-order chi connectivity index (χ1) is 11.7. The van der Waals surface area contributed by atoms with Crippen molar-refractivity contribution in [2.45, 2.75) is 13.5 Å². The van der Waals surface area contributed by atoms with Gasteiger partial charge in [0.15, 0.2) is 18.3 Å². The van der Waals surface area contributed by atoms with Crippen LogP contribution in [0.2, 0.25) is 0 Å². The Morgan fingerprint density at radius 2 is 1.67 bits per heavy atom. The van der Waals surface area contributed by atoms with Gasteiger partial charge in [0.25, 0.3) is 0 Å². The summed E-state index contributed by atoms with van der Waals surface area (Å²) in [5.41, 5.74) is 0.512. The Kier molecular flexibility index (Phi) is 10.9. The number of benzene rings is 1. The SMILES string of the molecule is CCOCOc1cc(CO)cc(O)c1OCCOCCOCOC. The standard InChI is InChI=1S/C16H26O8/c1-3-20-12-24-15-9-13(10-17)8-14(18)16(15)23-7-6-21-4-5-22-11-19-2/h8-9,17-18H,3-7,10-12H2,1-2H3. The Balaban J connectivity index is 2.46. The van der Waals surface area contributed by atoms with Crippen molar-refractivity contribution in [1.29, 1.82) is 0 Å². The predicted molar refractivity (Wildman–Crippen MR) is 85.3 cm³/mol. The van der Waals surface area contributed by atoms with Gasteiger partial charge < -0.3 is 38.6 Å². The van der Waals surface area contributed by atoms with Crippen LogP contribution >= 0.6 is 0 Å². The number of phenolic OH excluding ortho intramolecular Hbond substituents is 1. The van der Waals surface area contributed by atoms with Crippen molar-refractivity contribution in [2.75, 3.05) is 53.7 Å². The van der Waals surface area contributed by atoms with E-state index in [1.165, 1.54) is 6.07 Å². The summed E-state index contributed by atoms with van der Waals surface area (Å²) in [5.74, 6) is 0.374. The zero-order chi connectivity index (χ0) is 17.6. The first kappa shape index (κ1) is 20.5. The molecule has 0 unspecified atom stereocenters. The number of rotatable bonds is 14. The number of hydrogen-bond acceptors (Lipinski definition) is 8. The molecule has 0 amide bonds. The Morgan fingerprint density at radius 3 is 2.38 bits per heavy atom. The summed E-state index contributed by atoms with van der Waals surface area (Å²) in [6.07, 6.45) is 0. The molecule has 0 spiro atoms. The van der Waals surface area contributed by atoms with Crippen molar-refractivity contribution in [2.24, 2.45) is 0 Å². The molecule has 24 heavy (non-hydrogen) atoms. The first-order valence-electron chi connectivity index (χ1n) is 7.67. The Labute approximate surface area is 141 Å². The molecule has 0 radical (unpaired) electrons. The normalized spacial score (nSPS) is 10.8. The summed E-state index contributed by atoms with van der Waals surface area (Å²) in [5, 5.41) is 19.2. The maximum atomic E-state index is 10.0. The van der Waals surface area contributed by atoms with E-state index in [1.807, 2.05) is 6.92 Å². The molecule has 0 heterocycles. The van der Waals surface area contributed by atoms with E-state index in [1.54, 1.807) is 13.2 Å². The van der Waals surface area contributed by atoms with Gasteiger partial charge in [-0.25, -0.2) is 0 Å². The highest BCUT2D eigenvalue weighted by Gasteiger charge is 2.13. The fraction of sp³-hybridized carbons (Fsp3) is 0.625. The van der Waals surface area contributed by atoms with E-state index in [2.05, 4.69) is 0 Å². The maximum Gasteiger partial charge on any atom is 0.203 e. The number of aromatic hydroxyl groups is 1. The molecule has 1 aromatic carbocycles. The highest BCUT2D eigenvalue weighted by atomic mass is 16.7. The van der Waals surface area contributed by atoms with Gasteiger partial charge in [-0.15, -0.1) is 0 Å². The molecule has 0 aliphatic heterocycles. The van der Waals surface area contributed by atoms with Crippen LogP contribution in [0.1, 0.15) is 12.5 Å². The third kappa shape index (κ3) is 7.80. The van der Waals surface area contributed by atoms with E-state index in [4.69, 9.17) is 28.4 Å². The summed E-state index contributed by atoms with van der Waals surface area (Å²) in [6, 6.07) is 3.01. The second-order valence-corrected chi connectivity index (χ2v) is 4.63. The van der Waals surface area contributed by atoms with Crippen LogP contribution in [0.5, 0.6) is 17.2 Å². The molecule has 8 nitrogen and oxygen atoms in total. The minimum atomic E-state index is -0.219. The van der Waals surface area contributed by atoms with Gasteiger partial charge in [0.2, 0.25) is 5.75 Å². The van der Waals surface area contributed by atoms with Crippen LogP contribution in [-0.2, 0) is 25.6 Å². The van der Waals surface area contributed by atoms with Crippen LogP contribution in [0, 0.1) is 0 Å². The van der Waals surface area contributed by atoms with Gasteiger partial charge in [0.05, 0.1) is 26.4 Å². The van der Waals surface area contributed by atoms with Crippen molar-refractivity contribution >= 4 is 0 Å². The first-order valence-corrected chi connectivity index (χ1v) is 7.67. The van der Waals surface area contributed by atoms with Gasteiger partial charge in [-0.3, -0.25) is 0 Å². The minimum Gasteiger partial charge on any atom is -0.504 e. The second kappa shape index (κ2) is 12.8. The van der Waals surface area contributed by atoms with Crippen molar-refractivity contribution < 1.29 is 38.6 Å². The smallest absolute Gasteiger partial charge is 0.203 e. The van der Waals surface area contributed by atoms with Gasteiger partial charge >= 0.3 is 0 Å². The molecule has 0 atom stereocenters. The third-order valence-electron chi connectivity index (χ3n) is 2.83. The number of aliphatic hydroxyl groups excluding tert-OH is 1.